The summed E-state index contributed by atoms with van der Waals surface area (Å²) in [6.07, 6.45) is 3.12. The highest BCUT2D eigenvalue weighted by molar-refractivity contribution is 8.00. The first-order valence-corrected chi connectivity index (χ1v) is 9.48. The molecule has 0 radical (unpaired) electrons. The second-order valence-electron chi connectivity index (χ2n) is 5.87. The third-order valence-electron chi connectivity index (χ3n) is 4.42. The number of hydrogen-bond donors (Lipinski definition) is 2. The first kappa shape index (κ1) is 19.0. The minimum atomic E-state index is -1.26. The number of nitrogens with zero attached hydrogens (tertiary/aromatic N) is 3. The Morgan fingerprint density at radius 3 is 2.81 bits per heavy atom. The van der Waals surface area contributed by atoms with Crippen molar-refractivity contribution < 1.29 is 29.1 Å². The van der Waals surface area contributed by atoms with E-state index in [9.17, 15) is 29.1 Å². The van der Waals surface area contributed by atoms with Crippen molar-refractivity contribution in [2.24, 2.45) is 5.41 Å². The molecular weight excluding hydrogens is 396 g/mol. The number of aromatic nitrogens is 1. The zero-order valence-corrected chi connectivity index (χ0v) is 15.4. The number of β-lactam (4-membered cyclic amide) rings is 1. The quantitative estimate of drug-likeness (QED) is 0.273. The molecule has 2 unspecified atom stereocenters. The van der Waals surface area contributed by atoms with Gasteiger partial charge in [0.05, 0.1) is 6.20 Å². The Morgan fingerprint density at radius 2 is 2.22 bits per heavy atom. The van der Waals surface area contributed by atoms with E-state index in [1.54, 1.807) is 0 Å². The lowest BCUT2D eigenvalue weighted by atomic mass is 9.87. The molecule has 12 heteroatoms. The molecule has 0 saturated carbocycles. The van der Waals surface area contributed by atoms with Crippen LogP contribution in [0.4, 0.5) is 10.1 Å². The number of fused-ring (bicyclic) bond motifs is 1. The summed E-state index contributed by atoms with van der Waals surface area (Å²) in [4.78, 5) is 64.4. The number of hydrogen-bond acceptors (Lipinski definition) is 8. The summed E-state index contributed by atoms with van der Waals surface area (Å²) in [5.74, 6) is -2.28. The van der Waals surface area contributed by atoms with Crippen LogP contribution in [0.2, 0.25) is 0 Å². The molecule has 2 fully saturated rings. The summed E-state index contributed by atoms with van der Waals surface area (Å²) in [6, 6.07) is -0.950. The van der Waals surface area contributed by atoms with Gasteiger partial charge in [-0.05, 0) is 0 Å². The summed E-state index contributed by atoms with van der Waals surface area (Å²) in [6.45, 7) is 3.51. The Bertz CT molecular complexity index is 842. The summed E-state index contributed by atoms with van der Waals surface area (Å²) < 4.78 is 0. The first-order valence-electron chi connectivity index (χ1n) is 7.62. The molecule has 2 aliphatic heterocycles. The van der Waals surface area contributed by atoms with Gasteiger partial charge in [0.2, 0.25) is 18.6 Å². The van der Waals surface area contributed by atoms with Crippen LogP contribution in [-0.2, 0) is 24.0 Å². The maximum Gasteiger partial charge on any atom is 0.316 e. The van der Waals surface area contributed by atoms with Gasteiger partial charge in [-0.3, -0.25) is 28.9 Å². The topological polar surface area (TPSA) is 137 Å². The lowest BCUT2D eigenvalue weighted by Crippen LogP contribution is -2.74. The fraction of sp³-hybridized carbons (Fsp3) is 0.333. The molecule has 1 aromatic rings. The molecule has 2 N–H and O–H groups in total. The lowest BCUT2D eigenvalue weighted by molar-refractivity contribution is -0.154. The van der Waals surface area contributed by atoms with Crippen LogP contribution >= 0.6 is 23.1 Å². The van der Waals surface area contributed by atoms with E-state index < -0.39 is 34.6 Å². The first-order chi connectivity index (χ1) is 12.9. The smallest absolute Gasteiger partial charge is 0.316 e. The number of nitrogens with one attached hydrogen (secondary N) is 1. The van der Waals surface area contributed by atoms with Crippen molar-refractivity contribution >= 4 is 63.7 Å². The number of thiazole rings is 1. The number of carbonyl (C=O) groups is 5. The second-order valence-corrected chi connectivity index (χ2v) is 7.98. The van der Waals surface area contributed by atoms with Gasteiger partial charge in [-0.15, -0.1) is 18.3 Å². The fourth-order valence-corrected chi connectivity index (χ4v) is 5.35. The molecule has 0 aliphatic carbocycles. The Balaban J connectivity index is 1.88. The Morgan fingerprint density at radius 1 is 1.48 bits per heavy atom. The second kappa shape index (κ2) is 7.12. The predicted molar refractivity (Wildman–Crippen MR) is 97.4 cm³/mol. The lowest BCUT2D eigenvalue weighted by Gasteiger charge is -2.55. The number of aldehydes is 1. The molecule has 3 heterocycles. The molecular formula is C15H14N4O6S2. The van der Waals surface area contributed by atoms with Crippen molar-refractivity contribution in [3.05, 3.63) is 18.9 Å². The Hall–Kier alpha value is -2.73. The van der Waals surface area contributed by atoms with Crippen LogP contribution in [0.25, 0.3) is 0 Å². The van der Waals surface area contributed by atoms with Crippen LogP contribution in [0.5, 0.6) is 0 Å². The average molecular weight is 410 g/mol. The van der Waals surface area contributed by atoms with Crippen molar-refractivity contribution in [1.29, 1.82) is 0 Å². The Kier molecular flexibility index (Phi) is 5.02. The minimum absolute atomic E-state index is 0.0530. The maximum absolute atomic E-state index is 12.7. The molecule has 3 rings (SSSR count). The average Bonchev–Trinajstić information content (AvgIpc) is 3.12. The molecule has 0 bridgehead atoms. The normalized spacial score (nSPS) is 26.4. The van der Waals surface area contributed by atoms with Gasteiger partial charge < -0.3 is 15.3 Å². The molecule has 2 aliphatic rings. The van der Waals surface area contributed by atoms with E-state index >= 15 is 0 Å². The van der Waals surface area contributed by atoms with E-state index in [-0.39, 0.29) is 28.7 Å². The van der Waals surface area contributed by atoms with Gasteiger partial charge in [0.15, 0.2) is 5.13 Å². The van der Waals surface area contributed by atoms with Crippen molar-refractivity contribution in [2.75, 3.05) is 22.5 Å². The largest absolute Gasteiger partial charge is 0.481 e. The van der Waals surface area contributed by atoms with Crippen LogP contribution < -0.4 is 10.2 Å². The van der Waals surface area contributed by atoms with Gasteiger partial charge in [0, 0.05) is 12.3 Å². The van der Waals surface area contributed by atoms with Gasteiger partial charge in [-0.1, -0.05) is 17.4 Å². The number of carbonyl (C=O) groups excluding carboxylic acids is 4. The molecule has 0 spiro atoms. The number of aliphatic carboxylic acids is 1. The number of carboxylic acid groups (broad SMARTS) is 1. The number of anilines is 2. The molecule has 10 nitrogen and oxygen atoms in total. The van der Waals surface area contributed by atoms with E-state index in [0.29, 0.717) is 6.41 Å². The van der Waals surface area contributed by atoms with E-state index in [0.717, 1.165) is 16.2 Å². The fourth-order valence-electron chi connectivity index (χ4n) is 2.95. The zero-order valence-electron chi connectivity index (χ0n) is 13.7. The van der Waals surface area contributed by atoms with Gasteiger partial charge in [0.25, 0.3) is 5.91 Å². The van der Waals surface area contributed by atoms with Crippen molar-refractivity contribution in [2.45, 2.75) is 11.4 Å². The van der Waals surface area contributed by atoms with Crippen LogP contribution in [0.1, 0.15) is 0 Å². The van der Waals surface area contributed by atoms with Crippen LogP contribution in [0, 0.1) is 5.41 Å². The van der Waals surface area contributed by atoms with E-state index in [1.807, 2.05) is 0 Å². The third kappa shape index (κ3) is 3.00. The van der Waals surface area contributed by atoms with Crippen molar-refractivity contribution in [3.63, 3.8) is 0 Å². The number of rotatable bonds is 7. The summed E-state index contributed by atoms with van der Waals surface area (Å²) in [5, 5.41) is 11.7. The highest BCUT2D eigenvalue weighted by Crippen LogP contribution is 2.46. The number of carboxylic acids is 1. The van der Waals surface area contributed by atoms with Crippen molar-refractivity contribution in [1.82, 2.24) is 9.88 Å². The Labute approximate surface area is 161 Å². The van der Waals surface area contributed by atoms with Crippen LogP contribution in [-0.4, -0.2) is 69.2 Å². The summed E-state index contributed by atoms with van der Waals surface area (Å²) in [5.41, 5.74) is -1.26. The molecule has 142 valence electrons. The highest BCUT2D eigenvalue weighted by Gasteiger charge is 2.59. The molecule has 3 amide bonds. The molecule has 0 aromatic carbocycles. The summed E-state index contributed by atoms with van der Waals surface area (Å²) in [7, 11) is 0. The van der Waals surface area contributed by atoms with Gasteiger partial charge in [-0.25, -0.2) is 4.98 Å². The molecule has 2 saturated heterocycles. The standard InChI is InChI=1S/C15H14N4O6S2/c1-2-15(13(24)25)5-18-11(23)10(12(18)26-6-15)19(8(22)4-20)9-3-16-14(27-9)17-7-21/h2-4,7,10,12H,1,5-6H2,(H,24,25)(H,16,17,21)/t10?,12-,15?/m1/s1. The summed E-state index contributed by atoms with van der Waals surface area (Å²) >= 11 is 2.15. The van der Waals surface area contributed by atoms with Gasteiger partial charge >= 0.3 is 5.97 Å². The van der Waals surface area contributed by atoms with E-state index in [4.69, 9.17) is 0 Å². The predicted octanol–water partition coefficient (Wildman–Crippen LogP) is -0.216. The monoisotopic (exact) mass is 410 g/mol. The number of thioether (sulfide) groups is 1. The zero-order chi connectivity index (χ0) is 19.8. The van der Waals surface area contributed by atoms with Gasteiger partial charge in [0.1, 0.15) is 21.8 Å². The third-order valence-corrected chi connectivity index (χ3v) is 6.89. The van der Waals surface area contributed by atoms with Crippen LogP contribution in [0.3, 0.4) is 0 Å². The SMILES string of the molecule is C=CC1(C(=O)O)CS[C@@H]2C(N(C(=O)C=O)c3cnc(NC=O)s3)C(=O)N2C1. The van der Waals surface area contributed by atoms with E-state index in [1.165, 1.54) is 28.9 Å². The van der Waals surface area contributed by atoms with Gasteiger partial charge in [-0.2, -0.15) is 0 Å². The molecule has 3 atom stereocenters. The number of amides is 3. The minimum Gasteiger partial charge on any atom is -0.481 e. The van der Waals surface area contributed by atoms with Crippen molar-refractivity contribution in [3.8, 4) is 0 Å². The molecule has 1 aromatic heterocycles. The van der Waals surface area contributed by atoms with Crippen LogP contribution in [0.15, 0.2) is 18.9 Å². The maximum atomic E-state index is 12.7. The van der Waals surface area contributed by atoms with E-state index in [2.05, 4.69) is 16.9 Å². The molecule has 27 heavy (non-hydrogen) atoms. The highest BCUT2D eigenvalue weighted by atomic mass is 32.2.